The summed E-state index contributed by atoms with van der Waals surface area (Å²) >= 11 is 0. The Hall–Kier alpha value is -0.900. The van der Waals surface area contributed by atoms with Gasteiger partial charge in [-0.25, -0.2) is 0 Å². The van der Waals surface area contributed by atoms with Crippen molar-refractivity contribution in [3.63, 3.8) is 0 Å². The van der Waals surface area contributed by atoms with Crippen molar-refractivity contribution < 1.29 is 14.7 Å². The van der Waals surface area contributed by atoms with Crippen molar-refractivity contribution >= 4 is 11.7 Å². The maximum Gasteiger partial charge on any atom is 0.290 e. The van der Waals surface area contributed by atoms with E-state index < -0.39 is 23.8 Å². The van der Waals surface area contributed by atoms with Crippen LogP contribution in [0.4, 0.5) is 0 Å². The van der Waals surface area contributed by atoms with Crippen LogP contribution in [0.1, 0.15) is 20.8 Å². The molecule has 0 heterocycles. The van der Waals surface area contributed by atoms with E-state index in [1.807, 2.05) is 0 Å². The van der Waals surface area contributed by atoms with E-state index in [2.05, 4.69) is 5.32 Å². The number of carbonyl (C=O) groups is 2. The van der Waals surface area contributed by atoms with Gasteiger partial charge in [-0.2, -0.15) is 0 Å². The first kappa shape index (κ1) is 10.1. The molecule has 2 N–H and O–H groups in total. The lowest BCUT2D eigenvalue weighted by Gasteiger charge is -2.19. The standard InChI is InChI=1S/C7H13NO3/c1-7(2,3)8-6(11)5(10)4-9/h9H,4H2,1-3H3,(H,8,11). The Labute approximate surface area is 65.6 Å². The summed E-state index contributed by atoms with van der Waals surface area (Å²) in [6.45, 7) is 4.54. The number of nitrogens with one attached hydrogen (secondary N) is 1. The molecule has 0 saturated carbocycles. The molecule has 0 aliphatic rings. The average Bonchev–Trinajstić information content (AvgIpc) is 1.82. The van der Waals surface area contributed by atoms with Gasteiger partial charge in [-0.1, -0.05) is 0 Å². The van der Waals surface area contributed by atoms with Crippen LogP contribution in [0.25, 0.3) is 0 Å². The van der Waals surface area contributed by atoms with Crippen LogP contribution in [0.3, 0.4) is 0 Å². The minimum atomic E-state index is -0.806. The molecule has 4 nitrogen and oxygen atoms in total. The molecule has 0 aromatic heterocycles. The molecule has 0 aromatic carbocycles. The number of carbonyl (C=O) groups excluding carboxylic acids is 2. The minimum absolute atomic E-state index is 0.429. The zero-order valence-corrected chi connectivity index (χ0v) is 6.97. The summed E-state index contributed by atoms with van der Waals surface area (Å²) in [6.07, 6.45) is 0. The number of rotatable bonds is 2. The van der Waals surface area contributed by atoms with E-state index in [4.69, 9.17) is 5.11 Å². The molecule has 11 heavy (non-hydrogen) atoms. The van der Waals surface area contributed by atoms with Gasteiger partial charge in [0.2, 0.25) is 5.78 Å². The molecular formula is C7H13NO3. The summed E-state index contributed by atoms with van der Waals surface area (Å²) in [5, 5.41) is 10.7. The largest absolute Gasteiger partial charge is 0.388 e. The summed E-state index contributed by atoms with van der Waals surface area (Å²) in [4.78, 5) is 21.3. The lowest BCUT2D eigenvalue weighted by molar-refractivity contribution is -0.140. The number of ketones is 1. The third-order valence-corrected chi connectivity index (χ3v) is 0.885. The van der Waals surface area contributed by atoms with Gasteiger partial charge in [0.25, 0.3) is 5.91 Å². The first-order valence-corrected chi connectivity index (χ1v) is 3.33. The van der Waals surface area contributed by atoms with Crippen molar-refractivity contribution in [2.75, 3.05) is 6.61 Å². The summed E-state index contributed by atoms with van der Waals surface area (Å²) in [5.74, 6) is -1.54. The molecule has 0 aliphatic carbocycles. The Bertz CT molecular complexity index is 169. The van der Waals surface area contributed by atoms with Gasteiger partial charge in [0.05, 0.1) is 0 Å². The predicted molar refractivity (Wildman–Crippen MR) is 40.0 cm³/mol. The second-order valence-electron chi connectivity index (χ2n) is 3.29. The van der Waals surface area contributed by atoms with E-state index in [0.29, 0.717) is 0 Å². The van der Waals surface area contributed by atoms with Gasteiger partial charge >= 0.3 is 0 Å². The molecule has 1 amide bonds. The zero-order valence-electron chi connectivity index (χ0n) is 6.97. The fourth-order valence-corrected chi connectivity index (χ4v) is 0.482. The SMILES string of the molecule is CC(C)(C)NC(=O)C(=O)CO. The van der Waals surface area contributed by atoms with E-state index in [-0.39, 0.29) is 0 Å². The second kappa shape index (κ2) is 3.48. The average molecular weight is 159 g/mol. The highest BCUT2D eigenvalue weighted by Crippen LogP contribution is 1.97. The molecule has 0 spiro atoms. The van der Waals surface area contributed by atoms with Crippen LogP contribution in [-0.4, -0.2) is 28.9 Å². The van der Waals surface area contributed by atoms with Crippen LogP contribution in [0.5, 0.6) is 0 Å². The van der Waals surface area contributed by atoms with Gasteiger partial charge in [-0.3, -0.25) is 9.59 Å². The summed E-state index contributed by atoms with van der Waals surface area (Å²) in [5.41, 5.74) is -0.429. The first-order chi connectivity index (χ1) is 4.87. The van der Waals surface area contributed by atoms with Gasteiger partial charge in [-0.05, 0) is 20.8 Å². The van der Waals surface area contributed by atoms with Crippen LogP contribution in [0.15, 0.2) is 0 Å². The molecule has 0 saturated heterocycles. The van der Waals surface area contributed by atoms with E-state index in [1.165, 1.54) is 0 Å². The predicted octanol–water partition coefficient (Wildman–Crippen LogP) is -0.538. The Balaban J connectivity index is 3.99. The Kier molecular flexibility index (Phi) is 3.19. The number of aliphatic hydroxyl groups excluding tert-OH is 1. The maximum absolute atomic E-state index is 10.8. The molecule has 0 radical (unpaired) electrons. The highest BCUT2D eigenvalue weighted by Gasteiger charge is 2.18. The van der Waals surface area contributed by atoms with Crippen LogP contribution >= 0.6 is 0 Å². The third-order valence-electron chi connectivity index (χ3n) is 0.885. The van der Waals surface area contributed by atoms with Gasteiger partial charge in [0.15, 0.2) is 0 Å². The number of aliphatic hydroxyl groups is 1. The normalized spacial score (nSPS) is 10.9. The van der Waals surface area contributed by atoms with Gasteiger partial charge in [0.1, 0.15) is 6.61 Å². The number of amides is 1. The zero-order chi connectivity index (χ0) is 9.07. The highest BCUT2D eigenvalue weighted by atomic mass is 16.3. The molecule has 0 unspecified atom stereocenters. The van der Waals surface area contributed by atoms with Gasteiger partial charge < -0.3 is 10.4 Å². The van der Waals surface area contributed by atoms with Crippen molar-refractivity contribution in [3.8, 4) is 0 Å². The van der Waals surface area contributed by atoms with Crippen molar-refractivity contribution in [1.29, 1.82) is 0 Å². The van der Waals surface area contributed by atoms with E-state index >= 15 is 0 Å². The van der Waals surface area contributed by atoms with Crippen LogP contribution in [0.2, 0.25) is 0 Å². The van der Waals surface area contributed by atoms with Crippen LogP contribution in [-0.2, 0) is 9.59 Å². The molecule has 0 aromatic rings. The molecule has 0 aliphatic heterocycles. The van der Waals surface area contributed by atoms with Crippen LogP contribution < -0.4 is 5.32 Å². The van der Waals surface area contributed by atoms with E-state index in [1.54, 1.807) is 20.8 Å². The first-order valence-electron chi connectivity index (χ1n) is 3.33. The minimum Gasteiger partial charge on any atom is -0.388 e. The molecule has 0 rings (SSSR count). The smallest absolute Gasteiger partial charge is 0.290 e. The molecule has 0 fully saturated rings. The topological polar surface area (TPSA) is 66.4 Å². The monoisotopic (exact) mass is 159 g/mol. The molecule has 0 atom stereocenters. The lowest BCUT2D eigenvalue weighted by Crippen LogP contribution is -2.44. The van der Waals surface area contributed by atoms with Crippen molar-refractivity contribution in [2.24, 2.45) is 0 Å². The summed E-state index contributed by atoms with van der Waals surface area (Å²) < 4.78 is 0. The van der Waals surface area contributed by atoms with Crippen LogP contribution in [0, 0.1) is 0 Å². The molecular weight excluding hydrogens is 146 g/mol. The molecule has 64 valence electrons. The van der Waals surface area contributed by atoms with Gasteiger partial charge in [-0.15, -0.1) is 0 Å². The molecule has 0 bridgehead atoms. The number of Topliss-reactive ketones (excluding diaryl/α,β-unsaturated/α-hetero) is 1. The van der Waals surface area contributed by atoms with Crippen molar-refractivity contribution in [1.82, 2.24) is 5.32 Å². The summed E-state index contributed by atoms with van der Waals surface area (Å²) in [6, 6.07) is 0. The fourth-order valence-electron chi connectivity index (χ4n) is 0.482. The van der Waals surface area contributed by atoms with Crippen molar-refractivity contribution in [2.45, 2.75) is 26.3 Å². The van der Waals surface area contributed by atoms with E-state index in [0.717, 1.165) is 0 Å². The lowest BCUT2D eigenvalue weighted by atomic mass is 10.1. The number of hydrogen-bond acceptors (Lipinski definition) is 3. The Morgan fingerprint density at radius 2 is 1.82 bits per heavy atom. The van der Waals surface area contributed by atoms with Crippen molar-refractivity contribution in [3.05, 3.63) is 0 Å². The van der Waals surface area contributed by atoms with Gasteiger partial charge in [0, 0.05) is 5.54 Å². The maximum atomic E-state index is 10.8. The Morgan fingerprint density at radius 1 is 1.36 bits per heavy atom. The summed E-state index contributed by atoms with van der Waals surface area (Å²) in [7, 11) is 0. The fraction of sp³-hybridized carbons (Fsp3) is 0.714. The third kappa shape index (κ3) is 4.50. The highest BCUT2D eigenvalue weighted by molar-refractivity contribution is 6.36. The van der Waals surface area contributed by atoms with E-state index in [9.17, 15) is 9.59 Å². The number of hydrogen-bond donors (Lipinski definition) is 2. The molecule has 4 heteroatoms. The Morgan fingerprint density at radius 3 is 2.09 bits per heavy atom. The second-order valence-corrected chi connectivity index (χ2v) is 3.29. The quantitative estimate of drug-likeness (QED) is 0.532.